The molecule has 2 aromatic rings. The van der Waals surface area contributed by atoms with Crippen molar-refractivity contribution in [3.8, 4) is 0 Å². The molecule has 3 rings (SSSR count). The van der Waals surface area contributed by atoms with Gasteiger partial charge in [0.1, 0.15) is 0 Å². The predicted molar refractivity (Wildman–Crippen MR) is 100 cm³/mol. The molecule has 0 saturated carbocycles. The molecule has 6 nitrogen and oxygen atoms in total. The van der Waals surface area contributed by atoms with Crippen LogP contribution in [0, 0.1) is 6.92 Å². The van der Waals surface area contributed by atoms with Gasteiger partial charge in [-0.2, -0.15) is 4.98 Å². The van der Waals surface area contributed by atoms with E-state index < -0.39 is 0 Å². The van der Waals surface area contributed by atoms with Crippen LogP contribution in [0.25, 0.3) is 0 Å². The van der Waals surface area contributed by atoms with Crippen LogP contribution in [-0.4, -0.2) is 41.1 Å². The van der Waals surface area contributed by atoms with Gasteiger partial charge in [0.05, 0.1) is 6.54 Å². The van der Waals surface area contributed by atoms with E-state index in [0.717, 1.165) is 25.5 Å². The van der Waals surface area contributed by atoms with Gasteiger partial charge in [-0.1, -0.05) is 35.5 Å². The summed E-state index contributed by atoms with van der Waals surface area (Å²) in [6, 6.07) is 10.7. The van der Waals surface area contributed by atoms with Crippen molar-refractivity contribution in [2.24, 2.45) is 4.99 Å². The van der Waals surface area contributed by atoms with Crippen molar-refractivity contribution in [1.82, 2.24) is 20.4 Å². The first-order valence-electron chi connectivity index (χ1n) is 7.56. The normalized spacial score (nSPS) is 17.9. The van der Waals surface area contributed by atoms with Gasteiger partial charge >= 0.3 is 0 Å². The summed E-state index contributed by atoms with van der Waals surface area (Å²) in [4.78, 5) is 10.8. The zero-order valence-electron chi connectivity index (χ0n) is 13.4. The molecule has 1 aliphatic rings. The van der Waals surface area contributed by atoms with Gasteiger partial charge in [0.25, 0.3) is 0 Å². The van der Waals surface area contributed by atoms with E-state index in [9.17, 15) is 0 Å². The number of nitrogens with zero attached hydrogens (tertiary/aromatic N) is 4. The Bertz CT molecular complexity index is 643. The molecule has 0 amide bonds. The van der Waals surface area contributed by atoms with Gasteiger partial charge in [-0.05, 0) is 12.0 Å². The van der Waals surface area contributed by atoms with E-state index in [1.54, 1.807) is 14.0 Å². The Kier molecular flexibility index (Phi) is 6.37. The van der Waals surface area contributed by atoms with Gasteiger partial charge in [-0.15, -0.1) is 24.0 Å². The minimum Gasteiger partial charge on any atom is -0.349 e. The molecule has 0 radical (unpaired) electrons. The first-order chi connectivity index (χ1) is 10.8. The summed E-state index contributed by atoms with van der Waals surface area (Å²) < 4.78 is 4.98. The second-order valence-electron chi connectivity index (χ2n) is 5.47. The van der Waals surface area contributed by atoms with Gasteiger partial charge in [0.2, 0.25) is 5.89 Å². The molecule has 23 heavy (non-hydrogen) atoms. The SMILES string of the molecule is CN=C(NCc1noc(C)n1)N1CCC(c2ccccc2)C1.I. The van der Waals surface area contributed by atoms with Crippen LogP contribution in [0.1, 0.15) is 29.6 Å². The molecule has 2 heterocycles. The zero-order chi connectivity index (χ0) is 15.4. The second-order valence-corrected chi connectivity index (χ2v) is 5.47. The monoisotopic (exact) mass is 427 g/mol. The second kappa shape index (κ2) is 8.28. The molecule has 1 fully saturated rings. The Morgan fingerprint density at radius 1 is 1.39 bits per heavy atom. The largest absolute Gasteiger partial charge is 0.349 e. The van der Waals surface area contributed by atoms with Gasteiger partial charge in [0.15, 0.2) is 11.8 Å². The molecule has 1 aromatic carbocycles. The molecule has 124 valence electrons. The van der Waals surface area contributed by atoms with Crippen molar-refractivity contribution >= 4 is 29.9 Å². The molecular weight excluding hydrogens is 405 g/mol. The third-order valence-electron chi connectivity index (χ3n) is 3.94. The standard InChI is InChI=1S/C16H21N5O.HI/c1-12-19-15(20-22-12)10-18-16(17-2)21-9-8-14(11-21)13-6-4-3-5-7-13;/h3-7,14H,8-11H2,1-2H3,(H,17,18);1H. The van der Waals surface area contributed by atoms with Crippen LogP contribution >= 0.6 is 24.0 Å². The Hall–Kier alpha value is -1.64. The van der Waals surface area contributed by atoms with Crippen molar-refractivity contribution in [2.75, 3.05) is 20.1 Å². The van der Waals surface area contributed by atoms with Crippen molar-refractivity contribution in [1.29, 1.82) is 0 Å². The predicted octanol–water partition coefficient (Wildman–Crippen LogP) is 2.56. The highest BCUT2D eigenvalue weighted by atomic mass is 127. The lowest BCUT2D eigenvalue weighted by Crippen LogP contribution is -2.39. The topological polar surface area (TPSA) is 66.5 Å². The minimum atomic E-state index is 0. The van der Waals surface area contributed by atoms with Gasteiger partial charge in [-0.3, -0.25) is 4.99 Å². The molecule has 1 aliphatic heterocycles. The summed E-state index contributed by atoms with van der Waals surface area (Å²) in [5.74, 6) is 2.68. The van der Waals surface area contributed by atoms with E-state index in [1.165, 1.54) is 5.56 Å². The van der Waals surface area contributed by atoms with Gasteiger partial charge in [0, 0.05) is 33.0 Å². The molecule has 0 bridgehead atoms. The van der Waals surface area contributed by atoms with Gasteiger partial charge in [-0.25, -0.2) is 0 Å². The number of nitrogens with one attached hydrogen (secondary N) is 1. The fraction of sp³-hybridized carbons (Fsp3) is 0.438. The van der Waals surface area contributed by atoms with E-state index in [2.05, 4.69) is 55.7 Å². The molecule has 0 aliphatic carbocycles. The summed E-state index contributed by atoms with van der Waals surface area (Å²) in [5.41, 5.74) is 1.40. The molecule has 1 unspecified atom stereocenters. The highest BCUT2D eigenvalue weighted by Crippen LogP contribution is 2.26. The molecule has 1 N–H and O–H groups in total. The van der Waals surface area contributed by atoms with Crippen LogP contribution in [0.2, 0.25) is 0 Å². The Labute approximate surface area is 153 Å². The summed E-state index contributed by atoms with van der Waals surface area (Å²) in [5, 5.41) is 7.19. The number of halogens is 1. The third-order valence-corrected chi connectivity index (χ3v) is 3.94. The minimum absolute atomic E-state index is 0. The van der Waals surface area contributed by atoms with E-state index >= 15 is 0 Å². The maximum absolute atomic E-state index is 4.98. The fourth-order valence-electron chi connectivity index (χ4n) is 2.85. The van der Waals surface area contributed by atoms with E-state index in [4.69, 9.17) is 4.52 Å². The highest BCUT2D eigenvalue weighted by Gasteiger charge is 2.25. The number of hydrogen-bond acceptors (Lipinski definition) is 4. The Morgan fingerprint density at radius 3 is 2.83 bits per heavy atom. The Balaban J connectivity index is 0.00000192. The summed E-state index contributed by atoms with van der Waals surface area (Å²) >= 11 is 0. The van der Waals surface area contributed by atoms with Crippen LogP contribution in [-0.2, 0) is 6.54 Å². The first kappa shape index (κ1) is 17.7. The average Bonchev–Trinajstić information content (AvgIpc) is 3.18. The molecule has 1 atom stereocenters. The number of hydrogen-bond donors (Lipinski definition) is 1. The summed E-state index contributed by atoms with van der Waals surface area (Å²) in [6.45, 7) is 4.30. The van der Waals surface area contributed by atoms with E-state index in [1.807, 2.05) is 0 Å². The number of aryl methyl sites for hydroxylation is 1. The molecule has 0 spiro atoms. The van der Waals surface area contributed by atoms with Crippen molar-refractivity contribution < 1.29 is 4.52 Å². The molecular formula is C16H22IN5O. The lowest BCUT2D eigenvalue weighted by Gasteiger charge is -2.21. The van der Waals surface area contributed by atoms with E-state index in [0.29, 0.717) is 24.2 Å². The first-order valence-corrected chi connectivity index (χ1v) is 7.56. The number of aromatic nitrogens is 2. The maximum atomic E-state index is 4.98. The summed E-state index contributed by atoms with van der Waals surface area (Å²) in [7, 11) is 1.81. The molecule has 7 heteroatoms. The fourth-order valence-corrected chi connectivity index (χ4v) is 2.85. The molecule has 1 saturated heterocycles. The smallest absolute Gasteiger partial charge is 0.223 e. The number of likely N-dealkylation sites (tertiary alicyclic amines) is 1. The lowest BCUT2D eigenvalue weighted by molar-refractivity contribution is 0.386. The van der Waals surface area contributed by atoms with Gasteiger partial charge < -0.3 is 14.7 Å². The average molecular weight is 427 g/mol. The maximum Gasteiger partial charge on any atom is 0.223 e. The van der Waals surface area contributed by atoms with Crippen LogP contribution in [0.3, 0.4) is 0 Å². The third kappa shape index (κ3) is 4.43. The quantitative estimate of drug-likeness (QED) is 0.464. The lowest BCUT2D eigenvalue weighted by atomic mass is 9.99. The summed E-state index contributed by atoms with van der Waals surface area (Å²) in [6.07, 6.45) is 1.14. The molecule has 1 aromatic heterocycles. The van der Waals surface area contributed by atoms with Crippen molar-refractivity contribution in [3.05, 3.63) is 47.6 Å². The number of aliphatic imine (C=N–C) groups is 1. The van der Waals surface area contributed by atoms with E-state index in [-0.39, 0.29) is 24.0 Å². The zero-order valence-corrected chi connectivity index (χ0v) is 15.7. The van der Waals surface area contributed by atoms with Crippen molar-refractivity contribution in [2.45, 2.75) is 25.8 Å². The van der Waals surface area contributed by atoms with Crippen LogP contribution < -0.4 is 5.32 Å². The van der Waals surface area contributed by atoms with Crippen LogP contribution in [0.15, 0.2) is 39.8 Å². The Morgan fingerprint density at radius 2 is 2.17 bits per heavy atom. The number of guanidine groups is 1. The number of benzene rings is 1. The van der Waals surface area contributed by atoms with Crippen molar-refractivity contribution in [3.63, 3.8) is 0 Å². The number of rotatable bonds is 3. The highest BCUT2D eigenvalue weighted by molar-refractivity contribution is 14.0. The van der Waals surface area contributed by atoms with Crippen LogP contribution in [0.4, 0.5) is 0 Å². The van der Waals surface area contributed by atoms with Crippen LogP contribution in [0.5, 0.6) is 0 Å².